The third-order valence-electron chi connectivity index (χ3n) is 7.66. The number of pyridine rings is 1. The normalized spacial score (nSPS) is 14.3. The van der Waals surface area contributed by atoms with Crippen molar-refractivity contribution < 1.29 is 32.9 Å². The minimum Gasteiger partial charge on any atom is -0.494 e. The van der Waals surface area contributed by atoms with Crippen molar-refractivity contribution in [3.63, 3.8) is 0 Å². The number of carbonyl (C=O) groups excluding carboxylic acids is 1. The van der Waals surface area contributed by atoms with Crippen molar-refractivity contribution in [2.24, 2.45) is 0 Å². The van der Waals surface area contributed by atoms with Crippen molar-refractivity contribution in [3.05, 3.63) is 83.1 Å². The minimum absolute atomic E-state index is 0.237. The van der Waals surface area contributed by atoms with Crippen LogP contribution in [0.15, 0.2) is 54.8 Å². The van der Waals surface area contributed by atoms with Gasteiger partial charge in [0, 0.05) is 35.9 Å². The Morgan fingerprint density at radius 1 is 1.15 bits per heavy atom. The molecule has 3 N–H and O–H groups in total. The summed E-state index contributed by atoms with van der Waals surface area (Å²) in [6.07, 6.45) is 4.08. The summed E-state index contributed by atoms with van der Waals surface area (Å²) in [5.41, 5.74) is 3.50. The van der Waals surface area contributed by atoms with Crippen LogP contribution < -0.4 is 25.0 Å². The monoisotopic (exact) mass is 654 g/mol. The Morgan fingerprint density at radius 3 is 2.41 bits per heavy atom. The van der Waals surface area contributed by atoms with Gasteiger partial charge in [-0.1, -0.05) is 19.9 Å². The predicted octanol–water partition coefficient (Wildman–Crippen LogP) is 7.00. The van der Waals surface area contributed by atoms with Crippen molar-refractivity contribution in [1.29, 1.82) is 0 Å². The van der Waals surface area contributed by atoms with Crippen LogP contribution in [-0.4, -0.2) is 62.8 Å². The Labute approximate surface area is 272 Å². The first-order chi connectivity index (χ1) is 22.2. The number of carbonyl (C=O) groups is 1. The molecule has 0 aliphatic carbocycles. The van der Waals surface area contributed by atoms with Gasteiger partial charge >= 0.3 is 0 Å². The number of morpholine rings is 1. The molecule has 0 spiro atoms. The molecule has 9 nitrogen and oxygen atoms in total. The molecule has 3 aromatic rings. The molecule has 4 rings (SSSR count). The summed E-state index contributed by atoms with van der Waals surface area (Å²) in [6.45, 7) is 10.1. The number of nitrogens with zero attached hydrogens (tertiary/aromatic N) is 2. The van der Waals surface area contributed by atoms with E-state index < -0.39 is 23.3 Å². The van der Waals surface area contributed by atoms with Gasteiger partial charge in [0.15, 0.2) is 23.1 Å². The third kappa shape index (κ3) is 7.63. The van der Waals surface area contributed by atoms with Crippen LogP contribution in [0.1, 0.15) is 42.6 Å². The van der Waals surface area contributed by atoms with Crippen LogP contribution in [0, 0.1) is 18.6 Å². The number of benzene rings is 2. The van der Waals surface area contributed by atoms with E-state index in [1.54, 1.807) is 6.20 Å². The number of anilines is 4. The number of hydrogen-bond donors (Lipinski definition) is 3. The average molecular weight is 655 g/mol. The number of halogens is 2. The van der Waals surface area contributed by atoms with E-state index in [2.05, 4.69) is 27.1 Å². The second-order valence-electron chi connectivity index (χ2n) is 10.6. The van der Waals surface area contributed by atoms with Crippen LogP contribution in [0.25, 0.3) is 4.91 Å². The SMILES string of the molecule is C=CC(=O)Nc1cc(N2CCOCC2)ccc1Nc1cc(/C(SC)=C(\CCC)C(O)c2c(F)c(OC)cc(OC)c2F)c(C)cn1. The number of aliphatic hydroxyl groups is 1. The number of rotatable bonds is 13. The molecule has 1 aliphatic rings. The van der Waals surface area contributed by atoms with Gasteiger partial charge in [-0.05, 0) is 66.6 Å². The fourth-order valence-electron chi connectivity index (χ4n) is 5.30. The molecule has 1 fully saturated rings. The largest absolute Gasteiger partial charge is 0.494 e. The zero-order chi connectivity index (χ0) is 33.4. The van der Waals surface area contributed by atoms with Crippen LogP contribution in [-0.2, 0) is 9.53 Å². The van der Waals surface area contributed by atoms with Crippen molar-refractivity contribution in [2.75, 3.05) is 62.3 Å². The molecule has 1 amide bonds. The van der Waals surface area contributed by atoms with Crippen LogP contribution in [0.4, 0.5) is 31.7 Å². The van der Waals surface area contributed by atoms with E-state index in [0.29, 0.717) is 53.7 Å². The molecule has 1 unspecified atom stereocenters. The van der Waals surface area contributed by atoms with E-state index in [1.165, 1.54) is 32.1 Å². The van der Waals surface area contributed by atoms with Gasteiger partial charge in [-0.25, -0.2) is 13.8 Å². The van der Waals surface area contributed by atoms with Gasteiger partial charge < -0.3 is 34.9 Å². The highest BCUT2D eigenvalue weighted by Gasteiger charge is 2.30. The van der Waals surface area contributed by atoms with E-state index >= 15 is 8.78 Å². The summed E-state index contributed by atoms with van der Waals surface area (Å²) in [5, 5.41) is 17.8. The molecular formula is C34H40F2N4O5S. The van der Waals surface area contributed by atoms with Gasteiger partial charge in [0.2, 0.25) is 5.91 Å². The van der Waals surface area contributed by atoms with Crippen molar-refractivity contribution in [2.45, 2.75) is 32.8 Å². The number of nitrogens with one attached hydrogen (secondary N) is 2. The third-order valence-corrected chi connectivity index (χ3v) is 8.55. The minimum atomic E-state index is -1.62. The van der Waals surface area contributed by atoms with Crippen molar-refractivity contribution in [3.8, 4) is 11.5 Å². The van der Waals surface area contributed by atoms with Crippen LogP contribution in [0.2, 0.25) is 0 Å². The van der Waals surface area contributed by atoms with Gasteiger partial charge in [0.05, 0.1) is 44.4 Å². The van der Waals surface area contributed by atoms with Gasteiger partial charge in [-0.15, -0.1) is 11.8 Å². The highest BCUT2D eigenvalue weighted by atomic mass is 32.2. The summed E-state index contributed by atoms with van der Waals surface area (Å²) in [5.74, 6) is -2.36. The number of hydrogen-bond acceptors (Lipinski definition) is 9. The second-order valence-corrected chi connectivity index (χ2v) is 11.4. The first-order valence-electron chi connectivity index (χ1n) is 14.9. The zero-order valence-corrected chi connectivity index (χ0v) is 27.5. The highest BCUT2D eigenvalue weighted by molar-refractivity contribution is 8.07. The van der Waals surface area contributed by atoms with E-state index in [1.807, 2.05) is 44.4 Å². The first-order valence-corrected chi connectivity index (χ1v) is 16.1. The maximum atomic E-state index is 15.5. The maximum Gasteiger partial charge on any atom is 0.247 e. The van der Waals surface area contributed by atoms with Gasteiger partial charge in [-0.3, -0.25) is 4.79 Å². The van der Waals surface area contributed by atoms with E-state index in [0.717, 1.165) is 36.0 Å². The molecule has 0 saturated carbocycles. The lowest BCUT2D eigenvalue weighted by Gasteiger charge is -2.29. The number of aromatic nitrogens is 1. The lowest BCUT2D eigenvalue weighted by Crippen LogP contribution is -2.36. The first kappa shape index (κ1) is 34.7. The van der Waals surface area contributed by atoms with E-state index in [9.17, 15) is 9.90 Å². The summed E-state index contributed by atoms with van der Waals surface area (Å²) >= 11 is 1.36. The number of ether oxygens (including phenoxy) is 3. The van der Waals surface area contributed by atoms with E-state index in [-0.39, 0.29) is 17.4 Å². The van der Waals surface area contributed by atoms with Crippen LogP contribution in [0.5, 0.6) is 11.5 Å². The Morgan fingerprint density at radius 2 is 1.83 bits per heavy atom. The topological polar surface area (TPSA) is 105 Å². The fraction of sp³-hybridized carbons (Fsp3) is 0.353. The number of aliphatic hydroxyl groups excluding tert-OH is 1. The standard InChI is InChI=1S/C34H40F2N4O5S/c1-7-9-22(33(42)30-31(35)26(43-4)18-27(44-5)32(30)36)34(46-6)23-17-28(37-19-20(23)3)38-24-11-10-21(40-12-14-45-15-13-40)16-25(24)39-29(41)8-2/h8,10-11,16-19,33,42H,2,7,9,12-15H2,1,3-6H3,(H,37,38)(H,39,41)/b34-22-. The Hall–Kier alpha value is -4.13. The van der Waals surface area contributed by atoms with Gasteiger partial charge in [0.25, 0.3) is 0 Å². The second kappa shape index (κ2) is 15.9. The molecule has 2 aromatic carbocycles. The lowest BCUT2D eigenvalue weighted by molar-refractivity contribution is -0.111. The summed E-state index contributed by atoms with van der Waals surface area (Å²) < 4.78 is 46.7. The zero-order valence-electron chi connectivity index (χ0n) is 26.7. The average Bonchev–Trinajstić information content (AvgIpc) is 3.07. The number of amides is 1. The molecule has 1 saturated heterocycles. The highest BCUT2D eigenvalue weighted by Crippen LogP contribution is 2.44. The van der Waals surface area contributed by atoms with Crippen LogP contribution in [0.3, 0.4) is 0 Å². The van der Waals surface area contributed by atoms with Gasteiger partial charge in [0.1, 0.15) is 11.9 Å². The predicted molar refractivity (Wildman–Crippen MR) is 180 cm³/mol. The summed E-state index contributed by atoms with van der Waals surface area (Å²) in [6, 6.07) is 8.64. The maximum absolute atomic E-state index is 15.5. The van der Waals surface area contributed by atoms with Crippen molar-refractivity contribution >= 4 is 45.5 Å². The van der Waals surface area contributed by atoms with Crippen LogP contribution >= 0.6 is 11.8 Å². The fourth-order valence-corrected chi connectivity index (χ4v) is 6.21. The molecule has 1 aromatic heterocycles. The molecule has 1 atom stereocenters. The Kier molecular flexibility index (Phi) is 12.0. The Balaban J connectivity index is 1.79. The number of methoxy groups -OCH3 is 2. The smallest absolute Gasteiger partial charge is 0.247 e. The van der Waals surface area contributed by atoms with E-state index in [4.69, 9.17) is 14.2 Å². The number of thioether (sulfide) groups is 1. The van der Waals surface area contributed by atoms with Crippen molar-refractivity contribution in [1.82, 2.24) is 4.98 Å². The molecule has 1 aliphatic heterocycles. The lowest BCUT2D eigenvalue weighted by atomic mass is 9.93. The van der Waals surface area contributed by atoms with Gasteiger partial charge in [-0.2, -0.15) is 0 Å². The molecular weight excluding hydrogens is 614 g/mol. The molecule has 12 heteroatoms. The quantitative estimate of drug-likeness (QED) is 0.168. The Bertz CT molecular complexity index is 1580. The molecule has 2 heterocycles. The summed E-state index contributed by atoms with van der Waals surface area (Å²) in [7, 11) is 2.53. The molecule has 0 bridgehead atoms. The summed E-state index contributed by atoms with van der Waals surface area (Å²) in [4.78, 5) is 19.7. The molecule has 0 radical (unpaired) electrons. The molecule has 46 heavy (non-hydrogen) atoms. The molecule has 246 valence electrons. The number of aryl methyl sites for hydroxylation is 1.